The van der Waals surface area contributed by atoms with Crippen LogP contribution in [-0.4, -0.2) is 19.2 Å². The molecular formula is C20H26N2O3. The Morgan fingerprint density at radius 2 is 1.96 bits per heavy atom. The molecule has 0 spiro atoms. The van der Waals surface area contributed by atoms with E-state index in [9.17, 15) is 4.79 Å². The highest BCUT2D eigenvalue weighted by Gasteiger charge is 2.21. The van der Waals surface area contributed by atoms with Crippen LogP contribution < -0.4 is 15.8 Å². The number of para-hydroxylation sites is 1. The van der Waals surface area contributed by atoms with Gasteiger partial charge in [0.25, 0.3) is 0 Å². The molecule has 0 heterocycles. The zero-order valence-corrected chi connectivity index (χ0v) is 14.8. The summed E-state index contributed by atoms with van der Waals surface area (Å²) in [6.45, 7) is 2.62. The first-order chi connectivity index (χ1) is 12.1. The molecule has 5 nitrogen and oxygen atoms in total. The first kappa shape index (κ1) is 18.6. The largest absolute Gasteiger partial charge is 0.478 e. The molecule has 0 amide bonds. The number of hydrogen-bond acceptors (Lipinski definition) is 5. The zero-order chi connectivity index (χ0) is 18.1. The molecule has 134 valence electrons. The van der Waals surface area contributed by atoms with Gasteiger partial charge in [0.1, 0.15) is 5.75 Å². The lowest BCUT2D eigenvalue weighted by atomic mass is 10.1. The van der Waals surface area contributed by atoms with E-state index in [1.54, 1.807) is 12.1 Å². The molecule has 0 aromatic heterocycles. The summed E-state index contributed by atoms with van der Waals surface area (Å²) in [6.07, 6.45) is 1.90. The number of hydrogen-bond donors (Lipinski definition) is 2. The summed E-state index contributed by atoms with van der Waals surface area (Å²) in [5, 5.41) is 3.34. The van der Waals surface area contributed by atoms with Crippen LogP contribution in [0.25, 0.3) is 0 Å². The van der Waals surface area contributed by atoms with E-state index in [1.165, 1.54) is 7.11 Å². The molecule has 3 N–H and O–H groups in total. The van der Waals surface area contributed by atoms with Gasteiger partial charge in [-0.05, 0) is 43.2 Å². The van der Waals surface area contributed by atoms with Crippen molar-refractivity contribution in [1.82, 2.24) is 0 Å². The molecule has 0 radical (unpaired) electrons. The van der Waals surface area contributed by atoms with E-state index >= 15 is 0 Å². The van der Waals surface area contributed by atoms with Crippen molar-refractivity contribution in [2.45, 2.75) is 38.8 Å². The van der Waals surface area contributed by atoms with Gasteiger partial charge >= 0.3 is 5.97 Å². The molecule has 5 heteroatoms. The molecule has 0 aliphatic rings. The Labute approximate surface area is 149 Å². The van der Waals surface area contributed by atoms with Crippen LogP contribution >= 0.6 is 0 Å². The Morgan fingerprint density at radius 3 is 2.64 bits per heavy atom. The van der Waals surface area contributed by atoms with Crippen molar-refractivity contribution in [2.24, 2.45) is 0 Å². The first-order valence-corrected chi connectivity index (χ1v) is 8.55. The number of esters is 1. The van der Waals surface area contributed by atoms with Gasteiger partial charge in [0.05, 0.1) is 7.11 Å². The second-order valence-electron chi connectivity index (χ2n) is 5.86. The third-order valence-corrected chi connectivity index (χ3v) is 3.89. The van der Waals surface area contributed by atoms with Crippen molar-refractivity contribution in [3.63, 3.8) is 0 Å². The second kappa shape index (κ2) is 9.57. The topological polar surface area (TPSA) is 73.6 Å². The van der Waals surface area contributed by atoms with Crippen molar-refractivity contribution >= 4 is 17.3 Å². The predicted octanol–water partition coefficient (Wildman–Crippen LogP) is 3.99. The smallest absolute Gasteiger partial charge is 0.347 e. The van der Waals surface area contributed by atoms with Gasteiger partial charge < -0.3 is 20.5 Å². The van der Waals surface area contributed by atoms with Crippen molar-refractivity contribution < 1.29 is 14.3 Å². The summed E-state index contributed by atoms with van der Waals surface area (Å²) < 4.78 is 10.8. The molecule has 0 saturated heterocycles. The molecule has 2 aromatic rings. The number of unbranched alkanes of at least 4 members (excludes halogenated alkanes) is 1. The molecule has 0 aliphatic heterocycles. The minimum atomic E-state index is -0.607. The third-order valence-electron chi connectivity index (χ3n) is 3.89. The molecule has 1 atom stereocenters. The maximum Gasteiger partial charge on any atom is 0.347 e. The summed E-state index contributed by atoms with van der Waals surface area (Å²) in [7, 11) is 1.38. The minimum absolute atomic E-state index is 0.354. The molecule has 0 fully saturated rings. The molecule has 25 heavy (non-hydrogen) atoms. The predicted molar refractivity (Wildman–Crippen MR) is 101 cm³/mol. The van der Waals surface area contributed by atoms with Gasteiger partial charge in [-0.1, -0.05) is 31.5 Å². The number of anilines is 2. The zero-order valence-electron chi connectivity index (χ0n) is 14.8. The van der Waals surface area contributed by atoms with E-state index in [-0.39, 0.29) is 5.97 Å². The van der Waals surface area contributed by atoms with Gasteiger partial charge in [-0.15, -0.1) is 0 Å². The number of methoxy groups -OCH3 is 1. The summed E-state index contributed by atoms with van der Waals surface area (Å²) in [5.74, 6) is 0.288. The Bertz CT molecular complexity index is 674. The number of rotatable bonds is 9. The molecule has 2 aromatic carbocycles. The maximum absolute atomic E-state index is 12.0. The number of nitrogens with one attached hydrogen (secondary N) is 1. The van der Waals surface area contributed by atoms with E-state index in [1.807, 2.05) is 36.4 Å². The van der Waals surface area contributed by atoms with Gasteiger partial charge in [0.2, 0.25) is 0 Å². The average molecular weight is 342 g/mol. The van der Waals surface area contributed by atoms with Crippen LogP contribution in [0.2, 0.25) is 0 Å². The molecule has 0 bridgehead atoms. The second-order valence-corrected chi connectivity index (χ2v) is 5.86. The summed E-state index contributed by atoms with van der Waals surface area (Å²) in [5.41, 5.74) is 8.47. The van der Waals surface area contributed by atoms with Crippen LogP contribution in [0.1, 0.15) is 31.7 Å². The Morgan fingerprint density at radius 1 is 1.20 bits per heavy atom. The quantitative estimate of drug-likeness (QED) is 0.532. The van der Waals surface area contributed by atoms with Gasteiger partial charge in [-0.3, -0.25) is 0 Å². The number of nitrogens with two attached hydrogens (primary N) is 1. The lowest BCUT2D eigenvalue weighted by Gasteiger charge is -2.19. The van der Waals surface area contributed by atoms with Crippen molar-refractivity contribution in [2.75, 3.05) is 18.2 Å². The van der Waals surface area contributed by atoms with Gasteiger partial charge in [0.15, 0.2) is 6.10 Å². The fourth-order valence-electron chi connectivity index (χ4n) is 2.50. The number of carbonyl (C=O) groups excluding carboxylic acids is 1. The number of benzene rings is 2. The van der Waals surface area contributed by atoms with Crippen LogP contribution in [-0.2, 0) is 16.1 Å². The lowest BCUT2D eigenvalue weighted by molar-refractivity contribution is -0.149. The fourth-order valence-corrected chi connectivity index (χ4v) is 2.50. The van der Waals surface area contributed by atoms with Crippen LogP contribution in [0.4, 0.5) is 11.4 Å². The fraction of sp³-hybridized carbons (Fsp3) is 0.350. The van der Waals surface area contributed by atoms with E-state index in [0.29, 0.717) is 24.4 Å². The normalized spacial score (nSPS) is 11.6. The van der Waals surface area contributed by atoms with E-state index in [2.05, 4.69) is 12.2 Å². The first-order valence-electron chi connectivity index (χ1n) is 8.55. The highest BCUT2D eigenvalue weighted by Crippen LogP contribution is 2.25. The van der Waals surface area contributed by atoms with Gasteiger partial charge in [-0.25, -0.2) is 4.79 Å². The van der Waals surface area contributed by atoms with Crippen LogP contribution in [0.3, 0.4) is 0 Å². The van der Waals surface area contributed by atoms with Crippen LogP contribution in [0.5, 0.6) is 5.75 Å². The van der Waals surface area contributed by atoms with Crippen molar-refractivity contribution in [1.29, 1.82) is 0 Å². The van der Waals surface area contributed by atoms with E-state index < -0.39 is 6.10 Å². The molecule has 0 saturated carbocycles. The number of carbonyl (C=O) groups is 1. The highest BCUT2D eigenvalue weighted by molar-refractivity contribution is 5.75. The Kier molecular flexibility index (Phi) is 7.14. The van der Waals surface area contributed by atoms with E-state index in [4.69, 9.17) is 15.2 Å². The summed E-state index contributed by atoms with van der Waals surface area (Å²) in [6, 6.07) is 15.3. The standard InChI is InChI=1S/C20H26N2O3/c1-3-4-10-19(20(23)24-2)25-18-12-11-16(21)13-15(18)14-22-17-8-6-5-7-9-17/h5-9,11-13,19,22H,3-4,10,14,21H2,1-2H3. The minimum Gasteiger partial charge on any atom is -0.478 e. The molecule has 1 unspecified atom stereocenters. The van der Waals surface area contributed by atoms with Crippen LogP contribution in [0, 0.1) is 0 Å². The van der Waals surface area contributed by atoms with Crippen molar-refractivity contribution in [3.05, 3.63) is 54.1 Å². The number of nitrogen functional groups attached to an aromatic ring is 1. The van der Waals surface area contributed by atoms with Gasteiger partial charge in [-0.2, -0.15) is 0 Å². The molecule has 2 rings (SSSR count). The van der Waals surface area contributed by atoms with Crippen LogP contribution in [0.15, 0.2) is 48.5 Å². The van der Waals surface area contributed by atoms with Gasteiger partial charge in [0, 0.05) is 23.5 Å². The molecule has 0 aliphatic carbocycles. The monoisotopic (exact) mass is 342 g/mol. The lowest BCUT2D eigenvalue weighted by Crippen LogP contribution is -2.29. The highest BCUT2D eigenvalue weighted by atomic mass is 16.6. The summed E-state index contributed by atoms with van der Waals surface area (Å²) >= 11 is 0. The van der Waals surface area contributed by atoms with Crippen molar-refractivity contribution in [3.8, 4) is 5.75 Å². The summed E-state index contributed by atoms with van der Waals surface area (Å²) in [4.78, 5) is 12.0. The SMILES string of the molecule is CCCCC(Oc1ccc(N)cc1CNc1ccccc1)C(=O)OC. The third kappa shape index (κ3) is 5.71. The molecular weight excluding hydrogens is 316 g/mol. The van der Waals surface area contributed by atoms with E-state index in [0.717, 1.165) is 24.1 Å². The average Bonchev–Trinajstić information content (AvgIpc) is 2.65. The maximum atomic E-state index is 12.0. The Balaban J connectivity index is 2.14. The Hall–Kier alpha value is -2.69. The number of ether oxygens (including phenoxy) is 2.